The maximum absolute atomic E-state index is 13.1. The maximum Gasteiger partial charge on any atom is 0.289 e. The van der Waals surface area contributed by atoms with Gasteiger partial charge in [0.1, 0.15) is 11.5 Å². The van der Waals surface area contributed by atoms with Gasteiger partial charge in [-0.05, 0) is 24.1 Å². The van der Waals surface area contributed by atoms with Gasteiger partial charge in [0.15, 0.2) is 0 Å². The zero-order chi connectivity index (χ0) is 16.1. The number of carbonyl (C=O) groups is 1. The van der Waals surface area contributed by atoms with Crippen LogP contribution in [0.25, 0.3) is 11.3 Å². The summed E-state index contributed by atoms with van der Waals surface area (Å²) in [5.41, 5.74) is 2.32. The highest BCUT2D eigenvalue weighted by molar-refractivity contribution is 5.92. The van der Waals surface area contributed by atoms with E-state index in [1.165, 1.54) is 12.1 Å². The molecule has 0 radical (unpaired) electrons. The predicted octanol–water partition coefficient (Wildman–Crippen LogP) is 3.45. The Morgan fingerprint density at radius 1 is 1.09 bits per heavy atom. The van der Waals surface area contributed by atoms with E-state index in [-0.39, 0.29) is 17.5 Å². The average molecular weight is 310 g/mol. The average Bonchev–Trinajstić information content (AvgIpc) is 3.06. The highest BCUT2D eigenvalue weighted by atomic mass is 19.1. The van der Waals surface area contributed by atoms with Crippen molar-refractivity contribution < 1.29 is 13.7 Å². The Morgan fingerprint density at radius 2 is 1.91 bits per heavy atom. The van der Waals surface area contributed by atoms with Crippen LogP contribution in [-0.2, 0) is 6.42 Å². The molecule has 1 amide bonds. The second-order valence-corrected chi connectivity index (χ2v) is 5.08. The molecule has 4 nitrogen and oxygen atoms in total. The molecule has 0 spiro atoms. The zero-order valence-electron chi connectivity index (χ0n) is 12.3. The van der Waals surface area contributed by atoms with Gasteiger partial charge in [0.2, 0.25) is 5.76 Å². The third kappa shape index (κ3) is 3.83. The molecule has 0 atom stereocenters. The molecular weight excluding hydrogens is 295 g/mol. The molecule has 1 N–H and O–H groups in total. The number of benzene rings is 2. The van der Waals surface area contributed by atoms with Crippen molar-refractivity contribution in [3.05, 3.63) is 77.8 Å². The van der Waals surface area contributed by atoms with Crippen molar-refractivity contribution >= 4 is 5.91 Å². The van der Waals surface area contributed by atoms with E-state index in [2.05, 4.69) is 10.5 Å². The topological polar surface area (TPSA) is 55.1 Å². The van der Waals surface area contributed by atoms with Crippen molar-refractivity contribution in [2.45, 2.75) is 6.42 Å². The molecule has 0 unspecified atom stereocenters. The molecule has 0 aliphatic carbocycles. The number of nitrogens with one attached hydrogen (secondary N) is 1. The summed E-state index contributed by atoms with van der Waals surface area (Å²) in [7, 11) is 0. The number of amides is 1. The molecule has 0 aliphatic heterocycles. The van der Waals surface area contributed by atoms with Crippen molar-refractivity contribution in [3.8, 4) is 11.3 Å². The molecule has 0 fully saturated rings. The van der Waals surface area contributed by atoms with Crippen LogP contribution in [0.5, 0.6) is 0 Å². The second kappa shape index (κ2) is 6.87. The SMILES string of the molecule is O=C(NCCc1cccc(F)c1)c1cc(-c2ccccc2)no1. The monoisotopic (exact) mass is 310 g/mol. The minimum atomic E-state index is -0.337. The summed E-state index contributed by atoms with van der Waals surface area (Å²) < 4.78 is 18.2. The van der Waals surface area contributed by atoms with Crippen molar-refractivity contribution in [2.24, 2.45) is 0 Å². The first kappa shape index (κ1) is 15.0. The van der Waals surface area contributed by atoms with E-state index in [1.807, 2.05) is 36.4 Å². The summed E-state index contributed by atoms with van der Waals surface area (Å²) in [6, 6.07) is 17.4. The van der Waals surface area contributed by atoms with Gasteiger partial charge in [-0.1, -0.05) is 47.6 Å². The van der Waals surface area contributed by atoms with Crippen LogP contribution in [0.15, 0.2) is 65.2 Å². The van der Waals surface area contributed by atoms with E-state index in [1.54, 1.807) is 12.1 Å². The van der Waals surface area contributed by atoms with Crippen LogP contribution in [0.4, 0.5) is 4.39 Å². The normalized spacial score (nSPS) is 10.5. The van der Waals surface area contributed by atoms with E-state index in [4.69, 9.17) is 4.52 Å². The fourth-order valence-electron chi connectivity index (χ4n) is 2.23. The molecular formula is C18H15FN2O2. The molecule has 3 aromatic rings. The Bertz CT molecular complexity index is 800. The number of hydrogen-bond donors (Lipinski definition) is 1. The van der Waals surface area contributed by atoms with Gasteiger partial charge < -0.3 is 9.84 Å². The van der Waals surface area contributed by atoms with Crippen LogP contribution < -0.4 is 5.32 Å². The van der Waals surface area contributed by atoms with E-state index in [0.29, 0.717) is 18.7 Å². The van der Waals surface area contributed by atoms with Gasteiger partial charge in [0, 0.05) is 18.2 Å². The van der Waals surface area contributed by atoms with Gasteiger partial charge in [-0.3, -0.25) is 4.79 Å². The van der Waals surface area contributed by atoms with Crippen molar-refractivity contribution in [3.63, 3.8) is 0 Å². The lowest BCUT2D eigenvalue weighted by Crippen LogP contribution is -2.25. The largest absolute Gasteiger partial charge is 0.350 e. The molecule has 0 saturated carbocycles. The van der Waals surface area contributed by atoms with Crippen LogP contribution in [0, 0.1) is 5.82 Å². The maximum atomic E-state index is 13.1. The number of carbonyl (C=O) groups excluding carboxylic acids is 1. The molecule has 1 heterocycles. The van der Waals surface area contributed by atoms with Gasteiger partial charge in [-0.2, -0.15) is 0 Å². The van der Waals surface area contributed by atoms with E-state index in [0.717, 1.165) is 11.1 Å². The molecule has 0 bridgehead atoms. The predicted molar refractivity (Wildman–Crippen MR) is 84.4 cm³/mol. The lowest BCUT2D eigenvalue weighted by Gasteiger charge is -2.03. The fourth-order valence-corrected chi connectivity index (χ4v) is 2.23. The zero-order valence-corrected chi connectivity index (χ0v) is 12.3. The van der Waals surface area contributed by atoms with E-state index >= 15 is 0 Å². The van der Waals surface area contributed by atoms with Crippen LogP contribution in [-0.4, -0.2) is 17.6 Å². The number of hydrogen-bond acceptors (Lipinski definition) is 3. The van der Waals surface area contributed by atoms with Gasteiger partial charge in [-0.15, -0.1) is 0 Å². The van der Waals surface area contributed by atoms with Crippen molar-refractivity contribution in [2.75, 3.05) is 6.54 Å². The Morgan fingerprint density at radius 3 is 2.70 bits per heavy atom. The fraction of sp³-hybridized carbons (Fsp3) is 0.111. The molecule has 116 valence electrons. The third-order valence-corrected chi connectivity index (χ3v) is 3.39. The molecule has 23 heavy (non-hydrogen) atoms. The van der Waals surface area contributed by atoms with Gasteiger partial charge >= 0.3 is 0 Å². The molecule has 0 saturated heterocycles. The van der Waals surface area contributed by atoms with Gasteiger partial charge in [-0.25, -0.2) is 4.39 Å². The molecule has 1 aromatic heterocycles. The van der Waals surface area contributed by atoms with Crippen molar-refractivity contribution in [1.82, 2.24) is 10.5 Å². The molecule has 3 rings (SSSR count). The summed E-state index contributed by atoms with van der Waals surface area (Å²) in [6.45, 7) is 0.393. The lowest BCUT2D eigenvalue weighted by atomic mass is 10.1. The first-order chi connectivity index (χ1) is 11.2. The number of nitrogens with zero attached hydrogens (tertiary/aromatic N) is 1. The minimum Gasteiger partial charge on any atom is -0.350 e. The number of aromatic nitrogens is 1. The quantitative estimate of drug-likeness (QED) is 0.785. The van der Waals surface area contributed by atoms with Crippen LogP contribution in [0.1, 0.15) is 16.1 Å². The molecule has 5 heteroatoms. The first-order valence-electron chi connectivity index (χ1n) is 7.27. The standard InChI is InChI=1S/C18H15FN2O2/c19-15-8-4-5-13(11-15)9-10-20-18(22)17-12-16(21-23-17)14-6-2-1-3-7-14/h1-8,11-12H,9-10H2,(H,20,22). The van der Waals surface area contributed by atoms with Gasteiger partial charge in [0.05, 0.1) is 0 Å². The van der Waals surface area contributed by atoms with Crippen LogP contribution in [0.3, 0.4) is 0 Å². The summed E-state index contributed by atoms with van der Waals surface area (Å²) in [4.78, 5) is 12.0. The smallest absolute Gasteiger partial charge is 0.289 e. The molecule has 2 aromatic carbocycles. The van der Waals surface area contributed by atoms with Gasteiger partial charge in [0.25, 0.3) is 5.91 Å². The Hall–Kier alpha value is -2.95. The minimum absolute atomic E-state index is 0.156. The van der Waals surface area contributed by atoms with Crippen LogP contribution in [0.2, 0.25) is 0 Å². The first-order valence-corrected chi connectivity index (χ1v) is 7.27. The second-order valence-electron chi connectivity index (χ2n) is 5.08. The Balaban J connectivity index is 1.58. The lowest BCUT2D eigenvalue weighted by molar-refractivity contribution is 0.0917. The van der Waals surface area contributed by atoms with Crippen LogP contribution >= 0.6 is 0 Å². The summed E-state index contributed by atoms with van der Waals surface area (Å²) in [6.07, 6.45) is 0.545. The summed E-state index contributed by atoms with van der Waals surface area (Å²) in [5, 5.41) is 6.64. The number of rotatable bonds is 5. The van der Waals surface area contributed by atoms with E-state index < -0.39 is 0 Å². The van der Waals surface area contributed by atoms with E-state index in [9.17, 15) is 9.18 Å². The number of halogens is 1. The highest BCUT2D eigenvalue weighted by Crippen LogP contribution is 2.18. The summed E-state index contributed by atoms with van der Waals surface area (Å²) >= 11 is 0. The highest BCUT2D eigenvalue weighted by Gasteiger charge is 2.13. The van der Waals surface area contributed by atoms with Crippen molar-refractivity contribution in [1.29, 1.82) is 0 Å². The molecule has 0 aliphatic rings. The Kier molecular flexibility index (Phi) is 4.47. The third-order valence-electron chi connectivity index (χ3n) is 3.39. The Labute approximate surface area is 132 Å². The summed E-state index contributed by atoms with van der Waals surface area (Å²) in [5.74, 6) is -0.462.